The molecule has 2 heterocycles. The summed E-state index contributed by atoms with van der Waals surface area (Å²) in [6.45, 7) is 7.70. The van der Waals surface area contributed by atoms with Gasteiger partial charge in [0.25, 0.3) is 0 Å². The van der Waals surface area contributed by atoms with Gasteiger partial charge in [0.2, 0.25) is 5.91 Å². The zero-order chi connectivity index (χ0) is 14.4. The summed E-state index contributed by atoms with van der Waals surface area (Å²) in [7, 11) is 0. The summed E-state index contributed by atoms with van der Waals surface area (Å²) in [5, 5.41) is 7.25. The topological polar surface area (TPSA) is 50.2 Å². The largest absolute Gasteiger partial charge is 0.354 e. The van der Waals surface area contributed by atoms with Crippen molar-refractivity contribution in [2.24, 2.45) is 5.92 Å². The van der Waals surface area contributed by atoms with Crippen LogP contribution in [0.3, 0.4) is 0 Å². The molecule has 1 aliphatic rings. The van der Waals surface area contributed by atoms with Gasteiger partial charge in [-0.3, -0.25) is 14.4 Å². The van der Waals surface area contributed by atoms with Gasteiger partial charge in [-0.25, -0.2) is 0 Å². The Balaban J connectivity index is 1.70. The molecule has 6 heteroatoms. The first-order chi connectivity index (χ1) is 9.66. The van der Waals surface area contributed by atoms with Gasteiger partial charge in [0, 0.05) is 50.1 Å². The monoisotopic (exact) mass is 296 g/mol. The van der Waals surface area contributed by atoms with Crippen molar-refractivity contribution in [3.63, 3.8) is 0 Å². The quantitative estimate of drug-likeness (QED) is 0.853. The predicted octanol–water partition coefficient (Wildman–Crippen LogP) is 1.07. The van der Waals surface area contributed by atoms with E-state index in [1.165, 1.54) is 0 Å². The van der Waals surface area contributed by atoms with Gasteiger partial charge in [-0.2, -0.15) is 16.9 Å². The molecule has 1 aliphatic heterocycles. The van der Waals surface area contributed by atoms with Gasteiger partial charge in [-0.05, 0) is 18.9 Å². The molecule has 20 heavy (non-hydrogen) atoms. The molecule has 0 spiro atoms. The maximum absolute atomic E-state index is 12.2. The third-order valence-electron chi connectivity index (χ3n) is 3.66. The number of rotatable bonds is 6. The lowest BCUT2D eigenvalue weighted by molar-refractivity contribution is -0.125. The number of aromatic nitrogens is 2. The number of nitrogens with one attached hydrogen (secondary N) is 1. The average Bonchev–Trinajstić information content (AvgIpc) is 2.97. The van der Waals surface area contributed by atoms with Crippen molar-refractivity contribution >= 4 is 17.7 Å². The number of amides is 1. The molecular weight excluding hydrogens is 272 g/mol. The standard InChI is InChI=1S/C14H24N4OS/c1-12(11-18-5-3-4-16-18)10-15-14(19)13(2)17-6-8-20-9-7-17/h3-5,12-13H,6-11H2,1-2H3,(H,15,19). The van der Waals surface area contributed by atoms with E-state index in [9.17, 15) is 4.79 Å². The van der Waals surface area contributed by atoms with Crippen LogP contribution in [0.2, 0.25) is 0 Å². The number of thioether (sulfide) groups is 1. The molecule has 1 N–H and O–H groups in total. The third-order valence-corrected chi connectivity index (χ3v) is 4.60. The normalized spacial score (nSPS) is 19.5. The first kappa shape index (κ1) is 15.4. The van der Waals surface area contributed by atoms with Crippen LogP contribution in [0.15, 0.2) is 18.5 Å². The van der Waals surface area contributed by atoms with Crippen molar-refractivity contribution in [1.29, 1.82) is 0 Å². The fourth-order valence-electron chi connectivity index (χ4n) is 2.35. The van der Waals surface area contributed by atoms with E-state index < -0.39 is 0 Å². The highest BCUT2D eigenvalue weighted by Gasteiger charge is 2.22. The van der Waals surface area contributed by atoms with E-state index >= 15 is 0 Å². The molecule has 1 aromatic heterocycles. The Morgan fingerprint density at radius 1 is 1.40 bits per heavy atom. The van der Waals surface area contributed by atoms with Gasteiger partial charge in [-0.15, -0.1) is 0 Å². The molecule has 2 rings (SSSR count). The highest BCUT2D eigenvalue weighted by atomic mass is 32.2. The molecule has 0 radical (unpaired) electrons. The fraction of sp³-hybridized carbons (Fsp3) is 0.714. The lowest BCUT2D eigenvalue weighted by atomic mass is 10.1. The van der Waals surface area contributed by atoms with Crippen LogP contribution in [0.4, 0.5) is 0 Å². The SMILES string of the molecule is CC(CNC(=O)C(C)N1CCSCC1)Cn1cccn1. The van der Waals surface area contributed by atoms with Crippen LogP contribution >= 0.6 is 11.8 Å². The van der Waals surface area contributed by atoms with E-state index in [1.807, 2.05) is 35.6 Å². The molecular formula is C14H24N4OS. The highest BCUT2D eigenvalue weighted by Crippen LogP contribution is 2.12. The summed E-state index contributed by atoms with van der Waals surface area (Å²) >= 11 is 1.97. The molecule has 1 saturated heterocycles. The van der Waals surface area contributed by atoms with E-state index in [0.717, 1.165) is 31.1 Å². The minimum absolute atomic E-state index is 0.0206. The lowest BCUT2D eigenvalue weighted by Crippen LogP contribution is -2.49. The van der Waals surface area contributed by atoms with Crippen molar-refractivity contribution in [2.45, 2.75) is 26.4 Å². The molecule has 1 aromatic rings. The van der Waals surface area contributed by atoms with E-state index in [1.54, 1.807) is 6.20 Å². The minimum Gasteiger partial charge on any atom is -0.354 e. The van der Waals surface area contributed by atoms with Crippen LogP contribution < -0.4 is 5.32 Å². The van der Waals surface area contributed by atoms with Gasteiger partial charge in [0.15, 0.2) is 0 Å². The molecule has 0 aliphatic carbocycles. The van der Waals surface area contributed by atoms with Crippen molar-refractivity contribution in [3.8, 4) is 0 Å². The fourth-order valence-corrected chi connectivity index (χ4v) is 3.28. The van der Waals surface area contributed by atoms with Crippen LogP contribution in [0.5, 0.6) is 0 Å². The molecule has 112 valence electrons. The molecule has 0 aromatic carbocycles. The van der Waals surface area contributed by atoms with Crippen molar-refractivity contribution in [2.75, 3.05) is 31.1 Å². The first-order valence-electron chi connectivity index (χ1n) is 7.23. The summed E-state index contributed by atoms with van der Waals surface area (Å²) in [5.41, 5.74) is 0. The zero-order valence-corrected chi connectivity index (χ0v) is 13.1. The summed E-state index contributed by atoms with van der Waals surface area (Å²) in [6, 6.07) is 1.90. The van der Waals surface area contributed by atoms with Gasteiger partial charge in [0.1, 0.15) is 0 Å². The number of hydrogen-bond donors (Lipinski definition) is 1. The van der Waals surface area contributed by atoms with Crippen LogP contribution in [-0.2, 0) is 11.3 Å². The Morgan fingerprint density at radius 2 is 2.15 bits per heavy atom. The van der Waals surface area contributed by atoms with Crippen LogP contribution in [-0.4, -0.2) is 57.8 Å². The second-order valence-corrected chi connectivity index (χ2v) is 6.63. The van der Waals surface area contributed by atoms with E-state index in [2.05, 4.69) is 22.2 Å². The average molecular weight is 296 g/mol. The van der Waals surface area contributed by atoms with Gasteiger partial charge < -0.3 is 5.32 Å². The maximum Gasteiger partial charge on any atom is 0.237 e. The minimum atomic E-state index is -0.0206. The summed E-state index contributed by atoms with van der Waals surface area (Å²) in [4.78, 5) is 14.4. The zero-order valence-electron chi connectivity index (χ0n) is 12.3. The van der Waals surface area contributed by atoms with Crippen LogP contribution in [0, 0.1) is 5.92 Å². The molecule has 0 saturated carbocycles. The van der Waals surface area contributed by atoms with Crippen molar-refractivity contribution in [3.05, 3.63) is 18.5 Å². The van der Waals surface area contributed by atoms with Crippen molar-refractivity contribution < 1.29 is 4.79 Å². The maximum atomic E-state index is 12.2. The van der Waals surface area contributed by atoms with Gasteiger partial charge in [-0.1, -0.05) is 6.92 Å². The Kier molecular flexibility index (Phi) is 5.91. The second-order valence-electron chi connectivity index (χ2n) is 5.40. The molecule has 1 fully saturated rings. The molecule has 0 bridgehead atoms. The van der Waals surface area contributed by atoms with E-state index in [4.69, 9.17) is 0 Å². The first-order valence-corrected chi connectivity index (χ1v) is 8.39. The molecule has 2 unspecified atom stereocenters. The van der Waals surface area contributed by atoms with E-state index in [0.29, 0.717) is 12.5 Å². The van der Waals surface area contributed by atoms with Crippen molar-refractivity contribution in [1.82, 2.24) is 20.0 Å². The number of hydrogen-bond acceptors (Lipinski definition) is 4. The number of carbonyl (C=O) groups is 1. The summed E-state index contributed by atoms with van der Waals surface area (Å²) in [5.74, 6) is 2.79. The van der Waals surface area contributed by atoms with Gasteiger partial charge in [0.05, 0.1) is 6.04 Å². The van der Waals surface area contributed by atoms with Crippen LogP contribution in [0.25, 0.3) is 0 Å². The number of nitrogens with zero attached hydrogens (tertiary/aromatic N) is 3. The predicted molar refractivity (Wildman–Crippen MR) is 82.8 cm³/mol. The lowest BCUT2D eigenvalue weighted by Gasteiger charge is -2.31. The second kappa shape index (κ2) is 7.69. The Labute approximate surface area is 125 Å². The Bertz CT molecular complexity index is 403. The van der Waals surface area contributed by atoms with E-state index in [-0.39, 0.29) is 11.9 Å². The van der Waals surface area contributed by atoms with Crippen LogP contribution in [0.1, 0.15) is 13.8 Å². The smallest absolute Gasteiger partial charge is 0.237 e. The molecule has 5 nitrogen and oxygen atoms in total. The summed E-state index contributed by atoms with van der Waals surface area (Å²) in [6.07, 6.45) is 3.73. The molecule has 2 atom stereocenters. The van der Waals surface area contributed by atoms with Gasteiger partial charge >= 0.3 is 0 Å². The highest BCUT2D eigenvalue weighted by molar-refractivity contribution is 7.99. The Morgan fingerprint density at radius 3 is 2.80 bits per heavy atom. The summed E-state index contributed by atoms with van der Waals surface area (Å²) < 4.78 is 1.90. The Hall–Kier alpha value is -1.01. The number of carbonyl (C=O) groups excluding carboxylic acids is 1. The third kappa shape index (κ3) is 4.52. The molecule has 1 amide bonds.